The van der Waals surface area contributed by atoms with Crippen molar-refractivity contribution in [2.45, 2.75) is 29.6 Å². The molecule has 0 saturated heterocycles. The first-order chi connectivity index (χ1) is 14.1. The first kappa shape index (κ1) is 24.3. The van der Waals surface area contributed by atoms with Crippen molar-refractivity contribution in [1.82, 2.24) is 9.03 Å². The highest BCUT2D eigenvalue weighted by Gasteiger charge is 2.23. The topological polar surface area (TPSA) is 113 Å². The van der Waals surface area contributed by atoms with Gasteiger partial charge in [0.05, 0.1) is 16.3 Å². The van der Waals surface area contributed by atoms with E-state index in [4.69, 9.17) is 11.6 Å². The highest BCUT2D eigenvalue weighted by atomic mass is 35.5. The van der Waals surface area contributed by atoms with E-state index >= 15 is 0 Å². The number of halogens is 1. The predicted molar refractivity (Wildman–Crippen MR) is 116 cm³/mol. The van der Waals surface area contributed by atoms with Gasteiger partial charge in [-0.15, -0.1) is 0 Å². The lowest BCUT2D eigenvalue weighted by atomic mass is 10.3. The molecular formula is C19H24ClN3O5S2. The summed E-state index contributed by atoms with van der Waals surface area (Å²) in [5, 5.41) is 2.92. The van der Waals surface area contributed by atoms with E-state index in [1.165, 1.54) is 55.6 Å². The van der Waals surface area contributed by atoms with Gasteiger partial charge in [0, 0.05) is 24.3 Å². The number of amides is 1. The van der Waals surface area contributed by atoms with Crippen LogP contribution in [0.5, 0.6) is 0 Å². The van der Waals surface area contributed by atoms with Crippen molar-refractivity contribution in [2.75, 3.05) is 25.5 Å². The molecule has 2 N–H and O–H groups in total. The van der Waals surface area contributed by atoms with E-state index in [1.807, 2.05) is 6.92 Å². The van der Waals surface area contributed by atoms with Crippen LogP contribution in [0.4, 0.5) is 5.69 Å². The lowest BCUT2D eigenvalue weighted by Gasteiger charge is -2.17. The molecule has 2 aromatic rings. The Balaban J connectivity index is 2.06. The van der Waals surface area contributed by atoms with E-state index in [0.717, 1.165) is 10.7 Å². The lowest BCUT2D eigenvalue weighted by Crippen LogP contribution is -2.35. The van der Waals surface area contributed by atoms with E-state index in [2.05, 4.69) is 10.0 Å². The zero-order valence-corrected chi connectivity index (χ0v) is 19.0. The minimum absolute atomic E-state index is 0.00782. The Kier molecular flexibility index (Phi) is 8.39. The molecule has 0 radical (unpaired) electrons. The Bertz CT molecular complexity index is 1090. The SMILES string of the molecule is CCCCNS(=O)(=O)c1cccc(NC(=O)CN(C)S(=O)(=O)c2ccc(Cl)cc2)c1. The number of benzene rings is 2. The van der Waals surface area contributed by atoms with E-state index < -0.39 is 32.5 Å². The van der Waals surface area contributed by atoms with Crippen LogP contribution >= 0.6 is 11.6 Å². The van der Waals surface area contributed by atoms with Crippen LogP contribution in [0, 0.1) is 0 Å². The van der Waals surface area contributed by atoms with Crippen molar-refractivity contribution in [1.29, 1.82) is 0 Å². The van der Waals surface area contributed by atoms with Crippen molar-refractivity contribution in [3.63, 3.8) is 0 Å². The number of sulfonamides is 2. The largest absolute Gasteiger partial charge is 0.325 e. The molecule has 0 saturated carbocycles. The van der Waals surface area contributed by atoms with Gasteiger partial charge in [0.1, 0.15) is 0 Å². The van der Waals surface area contributed by atoms with Gasteiger partial charge in [-0.05, 0) is 48.9 Å². The molecule has 0 atom stereocenters. The lowest BCUT2D eigenvalue weighted by molar-refractivity contribution is -0.116. The second kappa shape index (κ2) is 10.4. The van der Waals surface area contributed by atoms with E-state index in [9.17, 15) is 21.6 Å². The number of carbonyl (C=O) groups excluding carboxylic acids is 1. The van der Waals surface area contributed by atoms with Gasteiger partial charge in [-0.3, -0.25) is 4.79 Å². The minimum Gasteiger partial charge on any atom is -0.325 e. The monoisotopic (exact) mass is 473 g/mol. The number of anilines is 1. The third kappa shape index (κ3) is 6.51. The third-order valence-electron chi connectivity index (χ3n) is 4.14. The summed E-state index contributed by atoms with van der Waals surface area (Å²) in [6.07, 6.45) is 1.56. The normalized spacial score (nSPS) is 12.1. The summed E-state index contributed by atoms with van der Waals surface area (Å²) < 4.78 is 53.1. The Morgan fingerprint density at radius 2 is 1.70 bits per heavy atom. The number of carbonyl (C=O) groups is 1. The number of rotatable bonds is 10. The maximum atomic E-state index is 12.6. The number of nitrogens with zero attached hydrogens (tertiary/aromatic N) is 1. The van der Waals surface area contributed by atoms with Crippen molar-refractivity contribution in [2.24, 2.45) is 0 Å². The molecule has 0 spiro atoms. The molecule has 30 heavy (non-hydrogen) atoms. The summed E-state index contributed by atoms with van der Waals surface area (Å²) in [4.78, 5) is 12.3. The van der Waals surface area contributed by atoms with E-state index in [-0.39, 0.29) is 15.5 Å². The summed E-state index contributed by atoms with van der Waals surface area (Å²) >= 11 is 5.78. The van der Waals surface area contributed by atoms with E-state index in [0.29, 0.717) is 18.0 Å². The average Bonchev–Trinajstić information content (AvgIpc) is 2.68. The number of unbranched alkanes of at least 4 members (excludes halogenated alkanes) is 1. The zero-order valence-electron chi connectivity index (χ0n) is 16.6. The Labute approximate surface area is 182 Å². The number of hydrogen-bond donors (Lipinski definition) is 2. The first-order valence-corrected chi connectivity index (χ1v) is 12.5. The number of nitrogens with one attached hydrogen (secondary N) is 2. The van der Waals surface area contributed by atoms with Gasteiger partial charge in [0.2, 0.25) is 26.0 Å². The van der Waals surface area contributed by atoms with Gasteiger partial charge in [0.25, 0.3) is 0 Å². The molecule has 11 heteroatoms. The molecule has 0 heterocycles. The molecule has 0 aliphatic rings. The quantitative estimate of drug-likeness (QED) is 0.515. The van der Waals surface area contributed by atoms with Crippen molar-refractivity contribution in [3.8, 4) is 0 Å². The molecule has 0 aliphatic heterocycles. The van der Waals surface area contributed by atoms with Crippen molar-refractivity contribution < 1.29 is 21.6 Å². The van der Waals surface area contributed by atoms with Crippen LogP contribution in [-0.2, 0) is 24.8 Å². The van der Waals surface area contributed by atoms with Gasteiger partial charge in [-0.1, -0.05) is 31.0 Å². The smallest absolute Gasteiger partial charge is 0.243 e. The first-order valence-electron chi connectivity index (χ1n) is 9.18. The van der Waals surface area contributed by atoms with Crippen LogP contribution in [0.25, 0.3) is 0 Å². The summed E-state index contributed by atoms with van der Waals surface area (Å²) in [5.74, 6) is -0.608. The van der Waals surface area contributed by atoms with E-state index in [1.54, 1.807) is 0 Å². The summed E-state index contributed by atoms with van der Waals surface area (Å²) in [6, 6.07) is 11.4. The molecule has 8 nitrogen and oxygen atoms in total. The van der Waals surface area contributed by atoms with Crippen LogP contribution in [0.15, 0.2) is 58.3 Å². The molecule has 0 aromatic heterocycles. The van der Waals surface area contributed by atoms with Crippen molar-refractivity contribution in [3.05, 3.63) is 53.6 Å². The number of likely N-dealkylation sites (N-methyl/N-ethyl adjacent to an activating group) is 1. The molecule has 0 fully saturated rings. The fourth-order valence-corrected chi connectivity index (χ4v) is 4.85. The second-order valence-electron chi connectivity index (χ2n) is 6.54. The number of hydrogen-bond acceptors (Lipinski definition) is 5. The summed E-state index contributed by atoms with van der Waals surface area (Å²) in [7, 11) is -6.29. The highest BCUT2D eigenvalue weighted by molar-refractivity contribution is 7.89. The Morgan fingerprint density at radius 1 is 1.03 bits per heavy atom. The maximum absolute atomic E-state index is 12.6. The molecule has 0 aliphatic carbocycles. The minimum atomic E-state index is -3.88. The highest BCUT2D eigenvalue weighted by Crippen LogP contribution is 2.18. The molecule has 0 unspecified atom stereocenters. The maximum Gasteiger partial charge on any atom is 0.243 e. The molecular weight excluding hydrogens is 450 g/mol. The van der Waals surface area contributed by atoms with Gasteiger partial charge >= 0.3 is 0 Å². The van der Waals surface area contributed by atoms with Gasteiger partial charge in [-0.2, -0.15) is 4.31 Å². The van der Waals surface area contributed by atoms with Crippen LogP contribution in [0.3, 0.4) is 0 Å². The molecule has 1 amide bonds. The predicted octanol–water partition coefficient (Wildman–Crippen LogP) is 2.68. The standard InChI is InChI=1S/C19H24ClN3O5S2/c1-3-4-12-21-29(25,26)18-7-5-6-16(13-18)22-19(24)14-23(2)30(27,28)17-10-8-15(20)9-11-17/h5-11,13,21H,3-4,12,14H2,1-2H3,(H,22,24). The van der Waals surface area contributed by atoms with Crippen LogP contribution in [0.2, 0.25) is 5.02 Å². The molecule has 164 valence electrons. The molecule has 2 rings (SSSR count). The van der Waals surface area contributed by atoms with Gasteiger partial charge in [-0.25, -0.2) is 21.6 Å². The summed E-state index contributed by atoms with van der Waals surface area (Å²) in [6.45, 7) is 1.83. The second-order valence-corrected chi connectivity index (χ2v) is 10.8. The third-order valence-corrected chi connectivity index (χ3v) is 7.67. The van der Waals surface area contributed by atoms with Gasteiger partial charge in [0.15, 0.2) is 0 Å². The Morgan fingerprint density at radius 3 is 2.33 bits per heavy atom. The summed E-state index contributed by atoms with van der Waals surface area (Å²) in [5.41, 5.74) is 0.246. The molecule has 2 aromatic carbocycles. The fourth-order valence-electron chi connectivity index (χ4n) is 2.48. The van der Waals surface area contributed by atoms with Gasteiger partial charge < -0.3 is 5.32 Å². The van der Waals surface area contributed by atoms with Crippen molar-refractivity contribution >= 4 is 43.2 Å². The Hall–Kier alpha value is -1.98. The van der Waals surface area contributed by atoms with Crippen LogP contribution in [-0.4, -0.2) is 47.2 Å². The molecule has 0 bridgehead atoms. The van der Waals surface area contributed by atoms with Crippen LogP contribution in [0.1, 0.15) is 19.8 Å². The fraction of sp³-hybridized carbons (Fsp3) is 0.316. The van der Waals surface area contributed by atoms with Crippen LogP contribution < -0.4 is 10.0 Å². The average molecular weight is 474 g/mol. The zero-order chi connectivity index (χ0) is 22.4.